The Morgan fingerprint density at radius 1 is 1.37 bits per heavy atom. The van der Waals surface area contributed by atoms with Crippen LogP contribution in [0.25, 0.3) is 0 Å². The molecule has 1 aromatic carbocycles. The van der Waals surface area contributed by atoms with E-state index in [9.17, 15) is 4.39 Å². The lowest BCUT2D eigenvalue weighted by Gasteiger charge is -2.17. The van der Waals surface area contributed by atoms with Crippen LogP contribution in [0.4, 0.5) is 4.39 Å². The summed E-state index contributed by atoms with van der Waals surface area (Å²) in [7, 11) is 1.86. The molecule has 0 radical (unpaired) electrons. The van der Waals surface area contributed by atoms with Crippen LogP contribution in [-0.4, -0.2) is 7.05 Å². The van der Waals surface area contributed by atoms with Crippen molar-refractivity contribution in [3.63, 3.8) is 0 Å². The van der Waals surface area contributed by atoms with Gasteiger partial charge in [0.2, 0.25) is 0 Å². The summed E-state index contributed by atoms with van der Waals surface area (Å²) in [6.07, 6.45) is 2.99. The fraction of sp³-hybridized carbons (Fsp3) is 0.333. The molecule has 0 amide bonds. The molecule has 1 aromatic heterocycles. The fourth-order valence-corrected chi connectivity index (χ4v) is 3.08. The van der Waals surface area contributed by atoms with Crippen LogP contribution in [0.5, 0.6) is 0 Å². The van der Waals surface area contributed by atoms with Crippen LogP contribution in [-0.2, 0) is 6.42 Å². The van der Waals surface area contributed by atoms with E-state index >= 15 is 0 Å². The highest BCUT2D eigenvalue weighted by Gasteiger charge is 2.14. The number of hydrogen-bond donors (Lipinski definition) is 1. The predicted octanol–water partition coefficient (Wildman–Crippen LogP) is 4.82. The Hall–Kier alpha value is -0.900. The van der Waals surface area contributed by atoms with Gasteiger partial charge in [0.15, 0.2) is 0 Å². The Kier molecular flexibility index (Phi) is 5.37. The summed E-state index contributed by atoms with van der Waals surface area (Å²) in [6.45, 7) is 0. The normalized spacial score (nSPS) is 12.6. The highest BCUT2D eigenvalue weighted by molar-refractivity contribution is 7.09. The largest absolute Gasteiger partial charge is 0.313 e. The lowest BCUT2D eigenvalue weighted by molar-refractivity contribution is 0.495. The molecule has 2 rings (SSSR count). The monoisotopic (exact) mass is 297 g/mol. The van der Waals surface area contributed by atoms with Crippen molar-refractivity contribution in [3.05, 3.63) is 57.0 Å². The minimum Gasteiger partial charge on any atom is -0.313 e. The van der Waals surface area contributed by atoms with Gasteiger partial charge >= 0.3 is 0 Å². The zero-order valence-electron chi connectivity index (χ0n) is 10.8. The Morgan fingerprint density at radius 3 is 2.84 bits per heavy atom. The van der Waals surface area contributed by atoms with E-state index in [-0.39, 0.29) is 11.9 Å². The number of hydrogen-bond acceptors (Lipinski definition) is 2. The van der Waals surface area contributed by atoms with Gasteiger partial charge in [-0.25, -0.2) is 4.39 Å². The van der Waals surface area contributed by atoms with Crippen LogP contribution in [0.1, 0.15) is 29.3 Å². The van der Waals surface area contributed by atoms with E-state index in [0.717, 1.165) is 19.3 Å². The van der Waals surface area contributed by atoms with Gasteiger partial charge in [-0.3, -0.25) is 0 Å². The van der Waals surface area contributed by atoms with Crippen molar-refractivity contribution in [1.82, 2.24) is 5.32 Å². The first-order valence-electron chi connectivity index (χ1n) is 6.35. The summed E-state index contributed by atoms with van der Waals surface area (Å²) in [4.78, 5) is 1.38. The summed E-state index contributed by atoms with van der Waals surface area (Å²) in [5.74, 6) is -0.233. The van der Waals surface area contributed by atoms with Gasteiger partial charge in [0.25, 0.3) is 0 Å². The first kappa shape index (κ1) is 14.5. The van der Waals surface area contributed by atoms with Crippen molar-refractivity contribution in [3.8, 4) is 0 Å². The zero-order valence-corrected chi connectivity index (χ0v) is 12.4. The third-order valence-corrected chi connectivity index (χ3v) is 4.35. The highest BCUT2D eigenvalue weighted by atomic mass is 35.5. The Labute approximate surface area is 122 Å². The molecule has 2 aromatic rings. The van der Waals surface area contributed by atoms with Crippen LogP contribution >= 0.6 is 22.9 Å². The topological polar surface area (TPSA) is 12.0 Å². The summed E-state index contributed by atoms with van der Waals surface area (Å²) >= 11 is 7.55. The summed E-state index contributed by atoms with van der Waals surface area (Å²) < 4.78 is 13.9. The average molecular weight is 298 g/mol. The van der Waals surface area contributed by atoms with E-state index in [2.05, 4.69) is 22.8 Å². The van der Waals surface area contributed by atoms with Crippen LogP contribution in [0.2, 0.25) is 5.02 Å². The molecule has 19 heavy (non-hydrogen) atoms. The number of rotatable bonds is 6. The molecule has 0 saturated carbocycles. The Morgan fingerprint density at radius 2 is 2.21 bits per heavy atom. The molecule has 1 heterocycles. The average Bonchev–Trinajstić information content (AvgIpc) is 2.89. The number of nitrogens with one attached hydrogen (secondary N) is 1. The maximum atomic E-state index is 13.9. The van der Waals surface area contributed by atoms with Crippen LogP contribution in [0.3, 0.4) is 0 Å². The molecule has 0 aliphatic heterocycles. The van der Waals surface area contributed by atoms with Gasteiger partial charge in [0, 0.05) is 21.5 Å². The molecule has 0 spiro atoms. The van der Waals surface area contributed by atoms with Crippen molar-refractivity contribution in [2.24, 2.45) is 0 Å². The molecule has 0 fully saturated rings. The molecule has 0 aliphatic carbocycles. The van der Waals surface area contributed by atoms with Gasteiger partial charge in [-0.05, 0) is 49.9 Å². The molecule has 1 nitrogen and oxygen atoms in total. The van der Waals surface area contributed by atoms with E-state index in [1.54, 1.807) is 23.5 Å². The lowest BCUT2D eigenvalue weighted by Crippen LogP contribution is -2.17. The van der Waals surface area contributed by atoms with Crippen LogP contribution in [0.15, 0.2) is 35.7 Å². The van der Waals surface area contributed by atoms with Gasteiger partial charge in [-0.15, -0.1) is 11.3 Å². The van der Waals surface area contributed by atoms with E-state index in [1.807, 2.05) is 7.05 Å². The third-order valence-electron chi connectivity index (χ3n) is 3.18. The number of benzene rings is 1. The standard InChI is InChI=1S/C15H17ClFNS/c1-18-15(6-2-4-12-5-3-9-19-12)13-8-7-11(16)10-14(13)17/h3,5,7-10,15,18H,2,4,6H2,1H3. The molecule has 1 N–H and O–H groups in total. The summed E-state index contributed by atoms with van der Waals surface area (Å²) in [5.41, 5.74) is 0.693. The molecular weight excluding hydrogens is 281 g/mol. The van der Waals surface area contributed by atoms with Gasteiger partial charge in [-0.2, -0.15) is 0 Å². The van der Waals surface area contributed by atoms with Crippen LogP contribution in [0, 0.1) is 5.82 Å². The van der Waals surface area contributed by atoms with Crippen molar-refractivity contribution < 1.29 is 4.39 Å². The Balaban J connectivity index is 1.95. The maximum Gasteiger partial charge on any atom is 0.129 e. The van der Waals surface area contributed by atoms with Crippen molar-refractivity contribution >= 4 is 22.9 Å². The van der Waals surface area contributed by atoms with Gasteiger partial charge < -0.3 is 5.32 Å². The minimum atomic E-state index is -0.233. The second-order valence-electron chi connectivity index (χ2n) is 4.48. The molecule has 0 bridgehead atoms. The second kappa shape index (κ2) is 7.04. The molecule has 0 saturated heterocycles. The fourth-order valence-electron chi connectivity index (χ4n) is 2.17. The molecule has 0 aliphatic rings. The third kappa shape index (κ3) is 4.03. The smallest absolute Gasteiger partial charge is 0.129 e. The SMILES string of the molecule is CNC(CCCc1cccs1)c1ccc(Cl)cc1F. The van der Waals surface area contributed by atoms with Crippen molar-refractivity contribution in [2.45, 2.75) is 25.3 Å². The first-order valence-corrected chi connectivity index (χ1v) is 7.61. The number of aryl methyl sites for hydroxylation is 1. The Bertz CT molecular complexity index is 513. The van der Waals surface area contributed by atoms with E-state index in [1.165, 1.54) is 10.9 Å². The quantitative estimate of drug-likeness (QED) is 0.806. The second-order valence-corrected chi connectivity index (χ2v) is 5.95. The minimum absolute atomic E-state index is 0.0391. The molecule has 102 valence electrons. The zero-order chi connectivity index (χ0) is 13.7. The van der Waals surface area contributed by atoms with E-state index in [0.29, 0.717) is 10.6 Å². The molecule has 1 atom stereocenters. The molecular formula is C15H17ClFNS. The van der Waals surface area contributed by atoms with Crippen molar-refractivity contribution in [1.29, 1.82) is 0 Å². The van der Waals surface area contributed by atoms with E-state index in [4.69, 9.17) is 11.6 Å². The predicted molar refractivity (Wildman–Crippen MR) is 80.5 cm³/mol. The van der Waals surface area contributed by atoms with Crippen molar-refractivity contribution in [2.75, 3.05) is 7.05 Å². The molecule has 4 heteroatoms. The van der Waals surface area contributed by atoms with E-state index < -0.39 is 0 Å². The number of halogens is 2. The lowest BCUT2D eigenvalue weighted by atomic mass is 10.0. The first-order chi connectivity index (χ1) is 9.20. The van der Waals surface area contributed by atoms with Gasteiger partial charge in [0.05, 0.1) is 0 Å². The van der Waals surface area contributed by atoms with Crippen LogP contribution < -0.4 is 5.32 Å². The van der Waals surface area contributed by atoms with Gasteiger partial charge in [-0.1, -0.05) is 23.7 Å². The summed E-state index contributed by atoms with van der Waals surface area (Å²) in [6, 6.07) is 9.13. The molecule has 1 unspecified atom stereocenters. The highest BCUT2D eigenvalue weighted by Crippen LogP contribution is 2.25. The maximum absolute atomic E-state index is 13.9. The summed E-state index contributed by atoms with van der Waals surface area (Å²) in [5, 5.41) is 5.71. The number of thiophene rings is 1. The van der Waals surface area contributed by atoms with Gasteiger partial charge in [0.1, 0.15) is 5.82 Å².